The average Bonchev–Trinajstić information content (AvgIpc) is 2.55. The van der Waals surface area contributed by atoms with Crippen LogP contribution in [0.4, 0.5) is 5.69 Å². The summed E-state index contributed by atoms with van der Waals surface area (Å²) >= 11 is 0. The lowest BCUT2D eigenvalue weighted by atomic mass is 10.00. The van der Waals surface area contributed by atoms with Crippen molar-refractivity contribution in [1.82, 2.24) is 4.90 Å². The highest BCUT2D eigenvalue weighted by Gasteiger charge is 2.33. The fourth-order valence-corrected chi connectivity index (χ4v) is 4.48. The van der Waals surface area contributed by atoms with Gasteiger partial charge in [0.25, 0.3) is 0 Å². The van der Waals surface area contributed by atoms with Crippen LogP contribution in [-0.2, 0) is 14.8 Å². The SMILES string of the molecule is CCOc1ccc(N([C@@H](C)C(=O)N2CCC[C@H](C)C2)S(C)(=O)=O)cc1. The van der Waals surface area contributed by atoms with E-state index in [-0.39, 0.29) is 5.91 Å². The number of sulfonamides is 1. The number of hydrogen-bond acceptors (Lipinski definition) is 4. The van der Waals surface area contributed by atoms with E-state index < -0.39 is 16.1 Å². The molecular weight excluding hydrogens is 340 g/mol. The lowest BCUT2D eigenvalue weighted by Gasteiger charge is -2.36. The van der Waals surface area contributed by atoms with Gasteiger partial charge < -0.3 is 9.64 Å². The van der Waals surface area contributed by atoms with E-state index in [1.165, 1.54) is 4.31 Å². The quantitative estimate of drug-likeness (QED) is 0.774. The highest BCUT2D eigenvalue weighted by atomic mass is 32.2. The number of benzene rings is 1. The zero-order valence-electron chi connectivity index (χ0n) is 15.4. The number of carbonyl (C=O) groups is 1. The van der Waals surface area contributed by atoms with E-state index in [2.05, 4.69) is 6.92 Å². The second kappa shape index (κ2) is 8.08. The third-order valence-electron chi connectivity index (χ3n) is 4.44. The maximum Gasteiger partial charge on any atom is 0.246 e. The van der Waals surface area contributed by atoms with Gasteiger partial charge in [0.15, 0.2) is 0 Å². The van der Waals surface area contributed by atoms with Crippen LogP contribution in [0.1, 0.15) is 33.6 Å². The third-order valence-corrected chi connectivity index (χ3v) is 5.68. The van der Waals surface area contributed by atoms with Crippen molar-refractivity contribution in [3.05, 3.63) is 24.3 Å². The number of anilines is 1. The number of carbonyl (C=O) groups excluding carboxylic acids is 1. The molecule has 0 unspecified atom stereocenters. The van der Waals surface area contributed by atoms with Crippen LogP contribution in [-0.4, -0.2) is 51.2 Å². The molecule has 0 aromatic heterocycles. The molecule has 2 rings (SSSR count). The number of hydrogen-bond donors (Lipinski definition) is 0. The van der Waals surface area contributed by atoms with Crippen LogP contribution in [0.5, 0.6) is 5.75 Å². The predicted molar refractivity (Wildman–Crippen MR) is 99.4 cm³/mol. The largest absolute Gasteiger partial charge is 0.494 e. The average molecular weight is 368 g/mol. The standard InChI is InChI=1S/C18H28N2O4S/c1-5-24-17-10-8-16(9-11-17)20(25(4,22)23)15(3)18(21)19-12-6-7-14(2)13-19/h8-11,14-15H,5-7,12-13H2,1-4H3/t14-,15-/m0/s1. The van der Waals surface area contributed by atoms with Gasteiger partial charge in [-0.2, -0.15) is 0 Å². The molecule has 6 nitrogen and oxygen atoms in total. The molecule has 0 radical (unpaired) electrons. The molecule has 0 aliphatic carbocycles. The molecule has 1 aromatic rings. The zero-order chi connectivity index (χ0) is 18.6. The van der Waals surface area contributed by atoms with Crippen molar-refractivity contribution in [3.8, 4) is 5.75 Å². The van der Waals surface area contributed by atoms with Crippen LogP contribution in [0.2, 0.25) is 0 Å². The summed E-state index contributed by atoms with van der Waals surface area (Å²) in [5.41, 5.74) is 0.469. The molecule has 0 bridgehead atoms. The predicted octanol–water partition coefficient (Wildman–Crippen LogP) is 2.50. The summed E-state index contributed by atoms with van der Waals surface area (Å²) in [6.07, 6.45) is 3.19. The molecule has 140 valence electrons. The fraction of sp³-hybridized carbons (Fsp3) is 0.611. The first kappa shape index (κ1) is 19.6. The number of likely N-dealkylation sites (tertiary alicyclic amines) is 1. The summed E-state index contributed by atoms with van der Waals surface area (Å²) in [6.45, 7) is 7.57. The number of ether oxygens (including phenoxy) is 1. The summed E-state index contributed by atoms with van der Waals surface area (Å²) < 4.78 is 31.3. The molecule has 0 N–H and O–H groups in total. The molecule has 1 fully saturated rings. The van der Waals surface area contributed by atoms with Gasteiger partial charge >= 0.3 is 0 Å². The maximum absolute atomic E-state index is 12.9. The Bertz CT molecular complexity index is 688. The molecule has 7 heteroatoms. The van der Waals surface area contributed by atoms with Gasteiger partial charge in [0.05, 0.1) is 18.6 Å². The van der Waals surface area contributed by atoms with E-state index in [9.17, 15) is 13.2 Å². The molecule has 0 saturated carbocycles. The highest BCUT2D eigenvalue weighted by molar-refractivity contribution is 7.92. The van der Waals surface area contributed by atoms with Gasteiger partial charge in [-0.3, -0.25) is 9.10 Å². The van der Waals surface area contributed by atoms with Crippen molar-refractivity contribution in [2.24, 2.45) is 5.92 Å². The second-order valence-electron chi connectivity index (χ2n) is 6.69. The normalized spacial score (nSPS) is 19.4. The van der Waals surface area contributed by atoms with Crippen molar-refractivity contribution < 1.29 is 17.9 Å². The molecule has 1 aliphatic rings. The van der Waals surface area contributed by atoms with Crippen LogP contribution in [0.15, 0.2) is 24.3 Å². The number of nitrogens with zero attached hydrogens (tertiary/aromatic N) is 2. The molecule has 1 heterocycles. The van der Waals surface area contributed by atoms with Crippen molar-refractivity contribution >= 4 is 21.6 Å². The van der Waals surface area contributed by atoms with Crippen LogP contribution in [0, 0.1) is 5.92 Å². The zero-order valence-corrected chi connectivity index (χ0v) is 16.3. The van der Waals surface area contributed by atoms with E-state index >= 15 is 0 Å². The summed E-state index contributed by atoms with van der Waals surface area (Å²) in [7, 11) is -3.59. The second-order valence-corrected chi connectivity index (χ2v) is 8.55. The van der Waals surface area contributed by atoms with E-state index in [0.717, 1.165) is 19.1 Å². The third kappa shape index (κ3) is 4.87. The van der Waals surface area contributed by atoms with E-state index in [4.69, 9.17) is 4.74 Å². The lowest BCUT2D eigenvalue weighted by molar-refractivity contribution is -0.133. The van der Waals surface area contributed by atoms with Crippen LogP contribution in [0.25, 0.3) is 0 Å². The number of rotatable bonds is 6. The minimum Gasteiger partial charge on any atom is -0.494 e. The maximum atomic E-state index is 12.9. The van der Waals surface area contributed by atoms with Gasteiger partial charge in [-0.05, 0) is 56.9 Å². The first-order valence-electron chi connectivity index (χ1n) is 8.75. The Balaban J connectivity index is 2.26. The van der Waals surface area contributed by atoms with Crippen molar-refractivity contribution in [3.63, 3.8) is 0 Å². The summed E-state index contributed by atoms with van der Waals surface area (Å²) in [6, 6.07) is 6.01. The van der Waals surface area contributed by atoms with Crippen molar-refractivity contribution in [1.29, 1.82) is 0 Å². The van der Waals surface area contributed by atoms with E-state index in [1.54, 1.807) is 36.1 Å². The first-order chi connectivity index (χ1) is 11.7. The molecule has 1 saturated heterocycles. The Morgan fingerprint density at radius 2 is 2.00 bits per heavy atom. The Kier molecular flexibility index (Phi) is 6.32. The number of piperidine rings is 1. The smallest absolute Gasteiger partial charge is 0.246 e. The van der Waals surface area contributed by atoms with Gasteiger partial charge in [0.1, 0.15) is 11.8 Å². The summed E-state index contributed by atoms with van der Waals surface area (Å²) in [5, 5.41) is 0. The Morgan fingerprint density at radius 3 is 2.52 bits per heavy atom. The number of amides is 1. The Labute approximate surface area is 150 Å². The molecule has 1 aromatic carbocycles. The molecule has 0 spiro atoms. The summed E-state index contributed by atoms with van der Waals surface area (Å²) in [5.74, 6) is 0.969. The van der Waals surface area contributed by atoms with Crippen molar-refractivity contribution in [2.45, 2.75) is 39.7 Å². The monoisotopic (exact) mass is 368 g/mol. The van der Waals surface area contributed by atoms with Crippen LogP contribution >= 0.6 is 0 Å². The van der Waals surface area contributed by atoms with E-state index in [0.29, 0.717) is 37.1 Å². The molecule has 1 aliphatic heterocycles. The minimum absolute atomic E-state index is 0.147. The van der Waals surface area contributed by atoms with E-state index in [1.807, 2.05) is 6.92 Å². The van der Waals surface area contributed by atoms with Crippen molar-refractivity contribution in [2.75, 3.05) is 30.3 Å². The summed E-state index contributed by atoms with van der Waals surface area (Å²) in [4.78, 5) is 14.7. The van der Waals surface area contributed by atoms with Crippen LogP contribution < -0.4 is 9.04 Å². The minimum atomic E-state index is -3.59. The molecule has 2 atom stereocenters. The van der Waals surface area contributed by atoms with Gasteiger partial charge in [-0.25, -0.2) is 8.42 Å². The van der Waals surface area contributed by atoms with Gasteiger partial charge in [0.2, 0.25) is 15.9 Å². The Morgan fingerprint density at radius 1 is 1.36 bits per heavy atom. The molecule has 1 amide bonds. The van der Waals surface area contributed by atoms with Gasteiger partial charge in [-0.15, -0.1) is 0 Å². The lowest BCUT2D eigenvalue weighted by Crippen LogP contribution is -2.51. The fourth-order valence-electron chi connectivity index (χ4n) is 3.31. The highest BCUT2D eigenvalue weighted by Crippen LogP contribution is 2.25. The van der Waals surface area contributed by atoms with Crippen LogP contribution in [0.3, 0.4) is 0 Å². The Hall–Kier alpha value is -1.76. The van der Waals surface area contributed by atoms with Gasteiger partial charge in [0, 0.05) is 13.1 Å². The first-order valence-corrected chi connectivity index (χ1v) is 10.6. The molecular formula is C18H28N2O4S. The molecule has 25 heavy (non-hydrogen) atoms. The van der Waals surface area contributed by atoms with Gasteiger partial charge in [-0.1, -0.05) is 6.92 Å². The topological polar surface area (TPSA) is 66.9 Å².